The zero-order chi connectivity index (χ0) is 17.9. The van der Waals surface area contributed by atoms with Crippen molar-refractivity contribution in [1.29, 1.82) is 5.26 Å². The maximum atomic E-state index is 8.98. The minimum Gasteiger partial charge on any atom is -0.485 e. The first kappa shape index (κ1) is 16.8. The van der Waals surface area contributed by atoms with Gasteiger partial charge in [0.15, 0.2) is 6.54 Å². The number of rotatable bonds is 3. The normalized spacial score (nSPS) is 26.3. The summed E-state index contributed by atoms with van der Waals surface area (Å²) in [5, 5.41) is 8.98. The van der Waals surface area contributed by atoms with Gasteiger partial charge >= 0.3 is 0 Å². The molecule has 2 N–H and O–H groups in total. The van der Waals surface area contributed by atoms with Gasteiger partial charge < -0.3 is 10.5 Å². The molecule has 1 aliphatic heterocycles. The monoisotopic (exact) mass is 346 g/mol. The molecule has 0 aromatic heterocycles. The van der Waals surface area contributed by atoms with Gasteiger partial charge in [-0.1, -0.05) is 24.3 Å². The third kappa shape index (κ3) is 3.49. The van der Waals surface area contributed by atoms with Crippen molar-refractivity contribution in [3.8, 4) is 11.8 Å². The Bertz CT molecular complexity index is 850. The van der Waals surface area contributed by atoms with Gasteiger partial charge in [-0.15, -0.1) is 0 Å². The van der Waals surface area contributed by atoms with Gasteiger partial charge in [0, 0.05) is 6.42 Å². The smallest absolute Gasteiger partial charge is 0.157 e. The van der Waals surface area contributed by atoms with Crippen LogP contribution in [0, 0.1) is 17.2 Å². The van der Waals surface area contributed by atoms with Crippen LogP contribution in [0.25, 0.3) is 0 Å². The van der Waals surface area contributed by atoms with E-state index in [9.17, 15) is 0 Å². The second-order valence-corrected chi connectivity index (χ2v) is 7.29. The molecule has 0 bridgehead atoms. The number of benzene rings is 2. The van der Waals surface area contributed by atoms with Gasteiger partial charge in [-0.3, -0.25) is 0 Å². The molecule has 26 heavy (non-hydrogen) atoms. The van der Waals surface area contributed by atoms with Gasteiger partial charge in [-0.25, -0.2) is 4.58 Å². The Balaban J connectivity index is 1.61. The fraction of sp³-hybridized carbons (Fsp3) is 0.364. The van der Waals surface area contributed by atoms with Crippen LogP contribution in [-0.4, -0.2) is 29.9 Å². The number of nitrogens with two attached hydrogens (primary N) is 1. The zero-order valence-electron chi connectivity index (χ0n) is 14.8. The van der Waals surface area contributed by atoms with Crippen LogP contribution in [0.2, 0.25) is 0 Å². The predicted molar refractivity (Wildman–Crippen MR) is 101 cm³/mol. The van der Waals surface area contributed by atoms with Gasteiger partial charge in [0.2, 0.25) is 0 Å². The molecule has 1 aliphatic carbocycles. The molecule has 2 aromatic carbocycles. The Morgan fingerprint density at radius 1 is 1.15 bits per heavy atom. The standard InChI is InChI=1S/C22H24N3O/c23-13-16-7-9-20(10-8-16)26-22-18(12-17-4-1-2-6-21(17)22)14-25-11-3-5-19(24)15-25/h1-2,4,6-10,14,18-19,22H,3,5,11-12,15,24H2/q+1. The number of nitriles is 1. The van der Waals surface area contributed by atoms with Crippen LogP contribution in [0.3, 0.4) is 0 Å². The minimum atomic E-state index is -0.00251. The van der Waals surface area contributed by atoms with Gasteiger partial charge in [-0.2, -0.15) is 5.26 Å². The Morgan fingerprint density at radius 3 is 2.73 bits per heavy atom. The summed E-state index contributed by atoms with van der Waals surface area (Å²) in [5.74, 6) is 1.10. The first-order valence-electron chi connectivity index (χ1n) is 9.32. The highest BCUT2D eigenvalue weighted by Gasteiger charge is 2.36. The molecule has 132 valence electrons. The van der Waals surface area contributed by atoms with Crippen molar-refractivity contribution >= 4 is 6.21 Å². The Morgan fingerprint density at radius 2 is 1.96 bits per heavy atom. The molecule has 3 unspecified atom stereocenters. The van der Waals surface area contributed by atoms with Crippen molar-refractivity contribution in [2.45, 2.75) is 31.4 Å². The summed E-state index contributed by atoms with van der Waals surface area (Å²) in [7, 11) is 0. The van der Waals surface area contributed by atoms with Crippen LogP contribution in [0.1, 0.15) is 35.6 Å². The van der Waals surface area contributed by atoms with E-state index in [0.717, 1.165) is 38.1 Å². The van der Waals surface area contributed by atoms with Gasteiger partial charge in [0.1, 0.15) is 24.6 Å². The molecule has 4 heteroatoms. The maximum absolute atomic E-state index is 8.98. The van der Waals surface area contributed by atoms with E-state index in [-0.39, 0.29) is 12.1 Å². The molecular formula is C22H24N3O+. The van der Waals surface area contributed by atoms with E-state index in [1.54, 1.807) is 12.1 Å². The lowest BCUT2D eigenvalue weighted by Gasteiger charge is -2.21. The fourth-order valence-corrected chi connectivity index (χ4v) is 4.07. The van der Waals surface area contributed by atoms with Crippen LogP contribution < -0.4 is 10.5 Å². The molecule has 0 spiro atoms. The summed E-state index contributed by atoms with van der Waals surface area (Å²) < 4.78 is 8.76. The zero-order valence-corrected chi connectivity index (χ0v) is 14.8. The second-order valence-electron chi connectivity index (χ2n) is 7.29. The lowest BCUT2D eigenvalue weighted by molar-refractivity contribution is -0.537. The van der Waals surface area contributed by atoms with E-state index in [1.165, 1.54) is 11.1 Å². The van der Waals surface area contributed by atoms with Crippen molar-refractivity contribution in [2.75, 3.05) is 13.1 Å². The summed E-state index contributed by atoms with van der Waals surface area (Å²) in [6.45, 7) is 2.00. The first-order chi connectivity index (χ1) is 12.7. The number of hydrogen-bond donors (Lipinski definition) is 1. The fourth-order valence-electron chi connectivity index (χ4n) is 4.07. The van der Waals surface area contributed by atoms with Crippen LogP contribution >= 0.6 is 0 Å². The van der Waals surface area contributed by atoms with Crippen LogP contribution in [0.15, 0.2) is 48.5 Å². The Kier molecular flexibility index (Phi) is 4.73. The third-order valence-electron chi connectivity index (χ3n) is 5.34. The topological polar surface area (TPSA) is 62.0 Å². The molecule has 3 atom stereocenters. The van der Waals surface area contributed by atoms with E-state index >= 15 is 0 Å². The molecule has 0 saturated carbocycles. The average Bonchev–Trinajstić information content (AvgIpc) is 3.00. The maximum Gasteiger partial charge on any atom is 0.157 e. The van der Waals surface area contributed by atoms with Crippen LogP contribution in [-0.2, 0) is 6.42 Å². The lowest BCUT2D eigenvalue weighted by atomic mass is 10.0. The summed E-state index contributed by atoms with van der Waals surface area (Å²) in [6.07, 6.45) is 5.59. The molecule has 0 amide bonds. The van der Waals surface area contributed by atoms with Crippen molar-refractivity contribution in [2.24, 2.45) is 11.7 Å². The number of hydrogen-bond acceptors (Lipinski definition) is 3. The summed E-state index contributed by atoms with van der Waals surface area (Å²) in [4.78, 5) is 0. The van der Waals surface area contributed by atoms with Gasteiger partial charge in [0.05, 0.1) is 23.6 Å². The molecule has 4 rings (SSSR count). The lowest BCUT2D eigenvalue weighted by Crippen LogP contribution is -2.39. The molecule has 1 saturated heterocycles. The van der Waals surface area contributed by atoms with Gasteiger partial charge in [0.25, 0.3) is 0 Å². The number of piperidine rings is 1. The molecular weight excluding hydrogens is 322 g/mol. The van der Waals surface area contributed by atoms with Crippen molar-refractivity contribution < 1.29 is 9.31 Å². The summed E-state index contributed by atoms with van der Waals surface area (Å²) in [6, 6.07) is 18.3. The number of nitrogens with zero attached hydrogens (tertiary/aromatic N) is 2. The largest absolute Gasteiger partial charge is 0.485 e. The molecule has 2 aromatic rings. The van der Waals surface area contributed by atoms with Crippen LogP contribution in [0.4, 0.5) is 0 Å². The first-order valence-corrected chi connectivity index (χ1v) is 9.32. The highest BCUT2D eigenvalue weighted by Crippen LogP contribution is 2.38. The van der Waals surface area contributed by atoms with E-state index < -0.39 is 0 Å². The quantitative estimate of drug-likeness (QED) is 0.869. The van der Waals surface area contributed by atoms with Gasteiger partial charge in [-0.05, 0) is 48.2 Å². The highest BCUT2D eigenvalue weighted by atomic mass is 16.5. The molecule has 1 fully saturated rings. The molecule has 1 heterocycles. The number of fused-ring (bicyclic) bond motifs is 1. The van der Waals surface area contributed by atoms with E-state index in [1.807, 2.05) is 12.1 Å². The van der Waals surface area contributed by atoms with E-state index in [0.29, 0.717) is 11.5 Å². The van der Waals surface area contributed by atoms with Crippen molar-refractivity contribution in [1.82, 2.24) is 0 Å². The van der Waals surface area contributed by atoms with E-state index in [2.05, 4.69) is 41.1 Å². The summed E-state index contributed by atoms with van der Waals surface area (Å²) >= 11 is 0. The number of ether oxygens (including phenoxy) is 1. The predicted octanol–water partition coefficient (Wildman–Crippen LogP) is 3.06. The van der Waals surface area contributed by atoms with Crippen LogP contribution in [0.5, 0.6) is 5.75 Å². The molecule has 2 aliphatic rings. The van der Waals surface area contributed by atoms with Crippen molar-refractivity contribution in [3.05, 3.63) is 65.2 Å². The SMILES string of the molecule is N#Cc1ccc(OC2c3ccccc3CC2C=[N+]2CCCC(N)C2)cc1. The highest BCUT2D eigenvalue weighted by molar-refractivity contribution is 5.61. The van der Waals surface area contributed by atoms with E-state index in [4.69, 9.17) is 15.7 Å². The Labute approximate surface area is 154 Å². The Hall–Kier alpha value is -2.64. The second kappa shape index (κ2) is 7.31. The minimum absolute atomic E-state index is 0.00251. The van der Waals surface area contributed by atoms with Crippen molar-refractivity contribution in [3.63, 3.8) is 0 Å². The molecule has 4 nitrogen and oxygen atoms in total. The average molecular weight is 346 g/mol. The third-order valence-corrected chi connectivity index (χ3v) is 5.34. The molecule has 0 radical (unpaired) electrons. The summed E-state index contributed by atoms with van der Waals surface area (Å²) in [5.41, 5.74) is 9.42.